The predicted molar refractivity (Wildman–Crippen MR) is 118 cm³/mol. The molecule has 0 atom stereocenters. The Labute approximate surface area is 172 Å². The van der Waals surface area contributed by atoms with Gasteiger partial charge in [-0.05, 0) is 58.9 Å². The summed E-state index contributed by atoms with van der Waals surface area (Å²) in [5.41, 5.74) is 1.71. The highest BCUT2D eigenvalue weighted by Crippen LogP contribution is 2.30. The molecule has 152 valence electrons. The van der Waals surface area contributed by atoms with Crippen molar-refractivity contribution < 1.29 is 9.47 Å². The summed E-state index contributed by atoms with van der Waals surface area (Å²) in [4.78, 5) is 9.03. The Morgan fingerprint density at radius 3 is 1.52 bits per heavy atom. The Hall–Kier alpha value is -3.28. The van der Waals surface area contributed by atoms with Crippen LogP contribution in [-0.2, 0) is 0 Å². The van der Waals surface area contributed by atoms with Gasteiger partial charge in [0.05, 0.1) is 23.6 Å². The van der Waals surface area contributed by atoms with Gasteiger partial charge < -0.3 is 20.1 Å². The number of benzene rings is 2. The molecule has 0 fully saturated rings. The number of hydrogen-bond acceptors (Lipinski definition) is 6. The van der Waals surface area contributed by atoms with Gasteiger partial charge in [0.1, 0.15) is 29.0 Å². The van der Waals surface area contributed by atoms with Crippen molar-refractivity contribution in [1.29, 1.82) is 0 Å². The zero-order chi connectivity index (χ0) is 20.8. The Balaban J connectivity index is 1.85. The fourth-order valence-electron chi connectivity index (χ4n) is 2.82. The van der Waals surface area contributed by atoms with E-state index >= 15 is 0 Å². The molecule has 2 N–H and O–H groups in total. The number of ether oxygens (including phenoxy) is 2. The van der Waals surface area contributed by atoms with Gasteiger partial charge in [0.15, 0.2) is 0 Å². The molecule has 3 rings (SSSR count). The summed E-state index contributed by atoms with van der Waals surface area (Å²) in [5, 5.41) is 6.69. The molecule has 0 aliphatic carbocycles. The van der Waals surface area contributed by atoms with E-state index in [0.29, 0.717) is 17.5 Å². The molecular formula is C23H28N4O2. The van der Waals surface area contributed by atoms with E-state index in [2.05, 4.69) is 20.6 Å². The lowest BCUT2D eigenvalue weighted by molar-refractivity contribution is 0.243. The minimum absolute atomic E-state index is 0.0831. The van der Waals surface area contributed by atoms with E-state index < -0.39 is 0 Å². The number of anilines is 4. The third kappa shape index (κ3) is 5.85. The Kier molecular flexibility index (Phi) is 6.54. The van der Waals surface area contributed by atoms with Gasteiger partial charge in [-0.2, -0.15) is 0 Å². The summed E-state index contributed by atoms with van der Waals surface area (Å²) in [5.74, 6) is 3.58. The molecule has 0 aliphatic rings. The van der Waals surface area contributed by atoms with Gasteiger partial charge in [0.25, 0.3) is 0 Å². The normalized spacial score (nSPS) is 10.9. The SMILES string of the molecule is Cc1nc(Nc2ccccc2OC(C)C)cc(Nc2ccccc2OC(C)C)n1. The second-order valence-corrected chi connectivity index (χ2v) is 7.26. The van der Waals surface area contributed by atoms with Gasteiger partial charge in [-0.1, -0.05) is 24.3 Å². The maximum Gasteiger partial charge on any atom is 0.143 e. The summed E-state index contributed by atoms with van der Waals surface area (Å²) in [6, 6.07) is 17.5. The van der Waals surface area contributed by atoms with Crippen LogP contribution in [-0.4, -0.2) is 22.2 Å². The maximum atomic E-state index is 5.89. The largest absolute Gasteiger partial charge is 0.489 e. The van der Waals surface area contributed by atoms with Gasteiger partial charge in [-0.15, -0.1) is 0 Å². The first kappa shape index (κ1) is 20.5. The van der Waals surface area contributed by atoms with Gasteiger partial charge in [0.2, 0.25) is 0 Å². The molecular weight excluding hydrogens is 364 g/mol. The van der Waals surface area contributed by atoms with Gasteiger partial charge in [-0.25, -0.2) is 9.97 Å². The fraction of sp³-hybridized carbons (Fsp3) is 0.304. The number of aryl methyl sites for hydroxylation is 1. The van der Waals surface area contributed by atoms with Crippen molar-refractivity contribution in [2.24, 2.45) is 0 Å². The van der Waals surface area contributed by atoms with Crippen molar-refractivity contribution in [3.05, 3.63) is 60.4 Å². The molecule has 1 aromatic heterocycles. The third-order valence-corrected chi connectivity index (χ3v) is 3.86. The number of para-hydroxylation sites is 4. The number of nitrogens with one attached hydrogen (secondary N) is 2. The Bertz CT molecular complexity index is 883. The molecule has 29 heavy (non-hydrogen) atoms. The van der Waals surface area contributed by atoms with Crippen LogP contribution < -0.4 is 20.1 Å². The van der Waals surface area contributed by atoms with Crippen LogP contribution in [0.2, 0.25) is 0 Å². The third-order valence-electron chi connectivity index (χ3n) is 3.86. The lowest BCUT2D eigenvalue weighted by atomic mass is 10.2. The van der Waals surface area contributed by atoms with Crippen molar-refractivity contribution in [2.45, 2.75) is 46.8 Å². The van der Waals surface area contributed by atoms with Crippen LogP contribution in [0.3, 0.4) is 0 Å². The van der Waals surface area contributed by atoms with Gasteiger partial charge >= 0.3 is 0 Å². The van der Waals surface area contributed by atoms with Crippen molar-refractivity contribution in [3.8, 4) is 11.5 Å². The molecule has 6 heteroatoms. The standard InChI is InChI=1S/C23H28N4O2/c1-15(2)28-20-12-8-6-10-18(20)26-22-14-23(25-17(5)24-22)27-19-11-7-9-13-21(19)29-16(3)4/h6-16H,1-5H3,(H2,24,25,26,27). The fourth-order valence-corrected chi connectivity index (χ4v) is 2.82. The van der Waals surface area contributed by atoms with Crippen molar-refractivity contribution in [1.82, 2.24) is 9.97 Å². The molecule has 0 radical (unpaired) electrons. The molecule has 0 bridgehead atoms. The summed E-state index contributed by atoms with van der Waals surface area (Å²) < 4.78 is 11.8. The summed E-state index contributed by atoms with van der Waals surface area (Å²) >= 11 is 0. The molecule has 0 amide bonds. The van der Waals surface area contributed by atoms with Crippen LogP contribution in [0.5, 0.6) is 11.5 Å². The smallest absolute Gasteiger partial charge is 0.143 e. The van der Waals surface area contributed by atoms with E-state index in [4.69, 9.17) is 9.47 Å². The first-order chi connectivity index (χ1) is 13.9. The van der Waals surface area contributed by atoms with E-state index in [0.717, 1.165) is 22.9 Å². The minimum Gasteiger partial charge on any atom is -0.489 e. The minimum atomic E-state index is 0.0831. The monoisotopic (exact) mass is 392 g/mol. The number of hydrogen-bond donors (Lipinski definition) is 2. The number of rotatable bonds is 8. The highest BCUT2D eigenvalue weighted by Gasteiger charge is 2.10. The number of nitrogens with zero attached hydrogens (tertiary/aromatic N) is 2. The van der Waals surface area contributed by atoms with Gasteiger partial charge in [0, 0.05) is 6.07 Å². The quantitative estimate of drug-likeness (QED) is 0.501. The Morgan fingerprint density at radius 2 is 1.10 bits per heavy atom. The molecule has 3 aromatic rings. The highest BCUT2D eigenvalue weighted by atomic mass is 16.5. The van der Waals surface area contributed by atoms with Crippen LogP contribution in [0.15, 0.2) is 54.6 Å². The molecule has 0 aliphatic heterocycles. The molecule has 0 saturated carbocycles. The first-order valence-electron chi connectivity index (χ1n) is 9.82. The first-order valence-corrected chi connectivity index (χ1v) is 9.82. The predicted octanol–water partition coefficient (Wildman–Crippen LogP) is 5.85. The van der Waals surface area contributed by atoms with Crippen LogP contribution in [0.1, 0.15) is 33.5 Å². The zero-order valence-electron chi connectivity index (χ0n) is 17.6. The van der Waals surface area contributed by atoms with E-state index in [1.807, 2.05) is 89.2 Å². The lowest BCUT2D eigenvalue weighted by Crippen LogP contribution is -2.09. The van der Waals surface area contributed by atoms with Crippen molar-refractivity contribution >= 4 is 23.0 Å². The average molecular weight is 393 g/mol. The summed E-state index contributed by atoms with van der Waals surface area (Å²) in [7, 11) is 0. The molecule has 0 unspecified atom stereocenters. The zero-order valence-corrected chi connectivity index (χ0v) is 17.6. The van der Waals surface area contributed by atoms with E-state index in [1.165, 1.54) is 0 Å². The lowest BCUT2D eigenvalue weighted by Gasteiger charge is -2.17. The van der Waals surface area contributed by atoms with Crippen LogP contribution in [0.4, 0.5) is 23.0 Å². The second-order valence-electron chi connectivity index (χ2n) is 7.26. The van der Waals surface area contributed by atoms with E-state index in [1.54, 1.807) is 0 Å². The second kappa shape index (κ2) is 9.28. The summed E-state index contributed by atoms with van der Waals surface area (Å²) in [6.07, 6.45) is 0.166. The topological polar surface area (TPSA) is 68.3 Å². The molecule has 0 saturated heterocycles. The molecule has 6 nitrogen and oxygen atoms in total. The Morgan fingerprint density at radius 1 is 0.690 bits per heavy atom. The summed E-state index contributed by atoms with van der Waals surface area (Å²) in [6.45, 7) is 9.88. The van der Waals surface area contributed by atoms with Gasteiger partial charge in [-0.3, -0.25) is 0 Å². The van der Waals surface area contributed by atoms with E-state index in [9.17, 15) is 0 Å². The maximum absolute atomic E-state index is 5.89. The average Bonchev–Trinajstić information content (AvgIpc) is 2.64. The molecule has 2 aromatic carbocycles. The number of aromatic nitrogens is 2. The van der Waals surface area contributed by atoms with Crippen LogP contribution >= 0.6 is 0 Å². The van der Waals surface area contributed by atoms with E-state index in [-0.39, 0.29) is 12.2 Å². The highest BCUT2D eigenvalue weighted by molar-refractivity contribution is 5.69. The molecule has 0 spiro atoms. The van der Waals surface area contributed by atoms with Crippen LogP contribution in [0.25, 0.3) is 0 Å². The van der Waals surface area contributed by atoms with Crippen molar-refractivity contribution in [2.75, 3.05) is 10.6 Å². The molecule has 1 heterocycles. The van der Waals surface area contributed by atoms with Crippen molar-refractivity contribution in [3.63, 3.8) is 0 Å². The van der Waals surface area contributed by atoms with Crippen LogP contribution in [0, 0.1) is 6.92 Å².